The summed E-state index contributed by atoms with van der Waals surface area (Å²) < 4.78 is 34.2. The molecule has 170 valence electrons. The highest BCUT2D eigenvalue weighted by Gasteiger charge is 2.24. The zero-order chi connectivity index (χ0) is 23.8. The SMILES string of the molecule is Cc1cccc(C)c1-c1cc2nc(n1)NS(=O)(=O)c1cccc(c1)C(=O)N(C)CC(C=O)O2. The summed E-state index contributed by atoms with van der Waals surface area (Å²) in [5.74, 6) is -0.654. The normalized spacial score (nSPS) is 17.6. The van der Waals surface area contributed by atoms with E-state index < -0.39 is 22.0 Å². The van der Waals surface area contributed by atoms with Gasteiger partial charge in [0.15, 0.2) is 12.4 Å². The number of amides is 1. The van der Waals surface area contributed by atoms with E-state index in [0.717, 1.165) is 16.7 Å². The highest BCUT2D eigenvalue weighted by molar-refractivity contribution is 7.92. The summed E-state index contributed by atoms with van der Waals surface area (Å²) >= 11 is 0. The molecule has 0 saturated carbocycles. The largest absolute Gasteiger partial charge is 0.465 e. The van der Waals surface area contributed by atoms with Gasteiger partial charge in [-0.05, 0) is 43.2 Å². The van der Waals surface area contributed by atoms with Gasteiger partial charge in [-0.15, -0.1) is 0 Å². The van der Waals surface area contributed by atoms with E-state index in [1.807, 2.05) is 32.0 Å². The summed E-state index contributed by atoms with van der Waals surface area (Å²) in [6.07, 6.45) is -0.446. The van der Waals surface area contributed by atoms with Crippen LogP contribution >= 0.6 is 0 Å². The summed E-state index contributed by atoms with van der Waals surface area (Å²) in [6, 6.07) is 12.9. The summed E-state index contributed by atoms with van der Waals surface area (Å²) in [7, 11) is -2.60. The minimum Gasteiger partial charge on any atom is -0.465 e. The third-order valence-electron chi connectivity index (χ3n) is 5.28. The Balaban J connectivity index is 1.91. The Labute approximate surface area is 191 Å². The van der Waals surface area contributed by atoms with Crippen molar-refractivity contribution in [1.29, 1.82) is 0 Å². The molecule has 0 saturated heterocycles. The molecule has 0 radical (unpaired) electrons. The van der Waals surface area contributed by atoms with Crippen LogP contribution in [0.5, 0.6) is 5.88 Å². The fraction of sp³-hybridized carbons (Fsp3) is 0.217. The molecule has 1 unspecified atom stereocenters. The molecule has 1 aromatic heterocycles. The van der Waals surface area contributed by atoms with Crippen LogP contribution in [0.15, 0.2) is 53.4 Å². The number of fused-ring (bicyclic) bond motifs is 4. The molecular weight excluding hydrogens is 444 g/mol. The number of carbonyl (C=O) groups excluding carboxylic acids is 2. The van der Waals surface area contributed by atoms with Gasteiger partial charge in [-0.25, -0.2) is 18.1 Å². The summed E-state index contributed by atoms with van der Waals surface area (Å²) in [6.45, 7) is 3.78. The Morgan fingerprint density at radius 2 is 1.79 bits per heavy atom. The second-order valence-corrected chi connectivity index (χ2v) is 9.48. The van der Waals surface area contributed by atoms with E-state index in [0.29, 0.717) is 12.0 Å². The van der Waals surface area contributed by atoms with Crippen molar-refractivity contribution in [3.8, 4) is 17.1 Å². The molecule has 0 fully saturated rings. The van der Waals surface area contributed by atoms with Crippen molar-refractivity contribution in [3.63, 3.8) is 0 Å². The second-order valence-electron chi connectivity index (χ2n) is 7.79. The topological polar surface area (TPSA) is 119 Å². The summed E-state index contributed by atoms with van der Waals surface area (Å²) in [5.41, 5.74) is 3.25. The first-order valence-corrected chi connectivity index (χ1v) is 11.6. The highest BCUT2D eigenvalue weighted by atomic mass is 32.2. The van der Waals surface area contributed by atoms with Crippen LogP contribution in [0.1, 0.15) is 21.5 Å². The van der Waals surface area contributed by atoms with Gasteiger partial charge < -0.3 is 9.64 Å². The number of hydrogen-bond donors (Lipinski definition) is 1. The maximum absolute atomic E-state index is 13.1. The predicted octanol–water partition coefficient (Wildman–Crippen LogP) is 2.59. The highest BCUT2D eigenvalue weighted by Crippen LogP contribution is 2.30. The molecule has 3 aromatic rings. The standard InChI is InChI=1S/C23H22N4O5S/c1-14-6-4-7-15(2)21(14)19-11-20-25-23(24-19)26-33(30,31)18-9-5-8-16(10-18)22(29)27(3)12-17(13-28)32-20/h4-11,13,17H,12H2,1-3H3,(H,24,25,26). The number of likely N-dealkylation sites (N-methyl/N-ethyl adjacent to an activating group) is 1. The van der Waals surface area contributed by atoms with Gasteiger partial charge in [0.2, 0.25) is 11.8 Å². The van der Waals surface area contributed by atoms with Crippen LogP contribution in [0.25, 0.3) is 11.3 Å². The van der Waals surface area contributed by atoms with Gasteiger partial charge >= 0.3 is 0 Å². The zero-order valence-electron chi connectivity index (χ0n) is 18.3. The number of aromatic nitrogens is 2. The first-order valence-electron chi connectivity index (χ1n) is 10.1. The Morgan fingerprint density at radius 3 is 2.48 bits per heavy atom. The monoisotopic (exact) mass is 466 g/mol. The molecule has 10 heteroatoms. The molecule has 1 N–H and O–H groups in total. The van der Waals surface area contributed by atoms with E-state index >= 15 is 0 Å². The van der Waals surface area contributed by atoms with Crippen LogP contribution in [0, 0.1) is 13.8 Å². The smallest absolute Gasteiger partial charge is 0.264 e. The molecule has 1 aliphatic rings. The molecule has 1 aliphatic heterocycles. The van der Waals surface area contributed by atoms with Crippen LogP contribution in [0.2, 0.25) is 0 Å². The molecule has 1 atom stereocenters. The zero-order valence-corrected chi connectivity index (χ0v) is 19.1. The lowest BCUT2D eigenvalue weighted by Gasteiger charge is -2.21. The Bertz CT molecular complexity index is 1340. The fourth-order valence-corrected chi connectivity index (χ4v) is 4.68. The van der Waals surface area contributed by atoms with Crippen LogP contribution in [-0.2, 0) is 14.8 Å². The fourth-order valence-electron chi connectivity index (χ4n) is 3.69. The number of carbonyl (C=O) groups is 2. The quantitative estimate of drug-likeness (QED) is 0.577. The van der Waals surface area contributed by atoms with Crippen LogP contribution in [-0.4, -0.2) is 55.2 Å². The van der Waals surface area contributed by atoms with Gasteiger partial charge in [0, 0.05) is 24.2 Å². The molecule has 1 amide bonds. The first-order chi connectivity index (χ1) is 15.7. The minimum atomic E-state index is -4.11. The predicted molar refractivity (Wildman–Crippen MR) is 122 cm³/mol. The number of rotatable bonds is 2. The second kappa shape index (κ2) is 8.62. The number of hydrogen-bond acceptors (Lipinski definition) is 7. The maximum Gasteiger partial charge on any atom is 0.264 e. The van der Waals surface area contributed by atoms with Gasteiger partial charge in [0.1, 0.15) is 0 Å². The maximum atomic E-state index is 13.1. The Kier molecular flexibility index (Phi) is 5.86. The number of benzene rings is 2. The van der Waals surface area contributed by atoms with E-state index in [9.17, 15) is 18.0 Å². The van der Waals surface area contributed by atoms with Crippen molar-refractivity contribution in [3.05, 3.63) is 65.2 Å². The van der Waals surface area contributed by atoms with Crippen molar-refractivity contribution in [2.24, 2.45) is 0 Å². The van der Waals surface area contributed by atoms with Crippen molar-refractivity contribution >= 4 is 28.2 Å². The van der Waals surface area contributed by atoms with E-state index in [1.54, 1.807) is 6.07 Å². The molecule has 2 aromatic carbocycles. The number of aryl methyl sites for hydroxylation is 2. The Hall–Kier alpha value is -3.79. The molecule has 0 aliphatic carbocycles. The van der Waals surface area contributed by atoms with Crippen LogP contribution in [0.4, 0.5) is 5.95 Å². The molecular formula is C23H22N4O5S. The lowest BCUT2D eigenvalue weighted by molar-refractivity contribution is -0.114. The molecule has 4 bridgehead atoms. The molecule has 0 spiro atoms. The van der Waals surface area contributed by atoms with E-state index in [1.165, 1.54) is 36.2 Å². The third-order valence-corrected chi connectivity index (χ3v) is 6.61. The number of aldehydes is 1. The number of sulfonamides is 1. The van der Waals surface area contributed by atoms with Gasteiger partial charge in [0.25, 0.3) is 15.9 Å². The minimum absolute atomic E-state index is 0.00394. The molecule has 33 heavy (non-hydrogen) atoms. The van der Waals surface area contributed by atoms with E-state index in [-0.39, 0.29) is 28.8 Å². The first kappa shape index (κ1) is 22.4. The van der Waals surface area contributed by atoms with Crippen LogP contribution < -0.4 is 9.46 Å². The molecule has 4 rings (SSSR count). The molecule has 2 heterocycles. The molecule has 9 nitrogen and oxygen atoms in total. The third kappa shape index (κ3) is 4.56. The van der Waals surface area contributed by atoms with Crippen molar-refractivity contribution in [2.75, 3.05) is 18.3 Å². The van der Waals surface area contributed by atoms with E-state index in [2.05, 4.69) is 14.7 Å². The number of nitrogens with zero attached hydrogens (tertiary/aromatic N) is 3. The van der Waals surface area contributed by atoms with E-state index in [4.69, 9.17) is 4.74 Å². The lowest BCUT2D eigenvalue weighted by Crippen LogP contribution is -2.38. The van der Waals surface area contributed by atoms with Crippen LogP contribution in [0.3, 0.4) is 0 Å². The summed E-state index contributed by atoms with van der Waals surface area (Å²) in [4.78, 5) is 34.3. The summed E-state index contributed by atoms with van der Waals surface area (Å²) in [5, 5.41) is 0. The average Bonchev–Trinajstić information content (AvgIpc) is 2.77. The van der Waals surface area contributed by atoms with Crippen molar-refractivity contribution in [2.45, 2.75) is 24.8 Å². The number of ether oxygens (including phenoxy) is 1. The van der Waals surface area contributed by atoms with Gasteiger partial charge in [-0.1, -0.05) is 24.3 Å². The average molecular weight is 467 g/mol. The number of nitrogens with one attached hydrogen (secondary N) is 1. The van der Waals surface area contributed by atoms with Crippen molar-refractivity contribution < 1.29 is 22.7 Å². The Morgan fingerprint density at radius 1 is 1.09 bits per heavy atom. The lowest BCUT2D eigenvalue weighted by atomic mass is 10.00. The van der Waals surface area contributed by atoms with Gasteiger partial charge in [-0.3, -0.25) is 9.59 Å². The van der Waals surface area contributed by atoms with Gasteiger partial charge in [-0.2, -0.15) is 4.98 Å². The number of anilines is 1. The van der Waals surface area contributed by atoms with Crippen molar-refractivity contribution in [1.82, 2.24) is 14.9 Å². The van der Waals surface area contributed by atoms with Gasteiger partial charge in [0.05, 0.1) is 17.1 Å².